The first-order valence-corrected chi connectivity index (χ1v) is 8.60. The van der Waals surface area contributed by atoms with Gasteiger partial charge in [-0.2, -0.15) is 19.3 Å². The third-order valence-corrected chi connectivity index (χ3v) is 4.86. The average Bonchev–Trinajstić information content (AvgIpc) is 2.95. The van der Waals surface area contributed by atoms with E-state index in [4.69, 9.17) is 5.73 Å². The average molecular weight is 323 g/mol. The number of rotatable bonds is 4. The van der Waals surface area contributed by atoms with Crippen molar-refractivity contribution in [2.45, 2.75) is 42.1 Å². The molecule has 0 atom stereocenters. The monoisotopic (exact) mass is 323 g/mol. The Balaban J connectivity index is 1.79. The number of aryl methyl sites for hydroxylation is 1. The molecule has 1 fully saturated rings. The van der Waals surface area contributed by atoms with Gasteiger partial charge in [0.2, 0.25) is 17.1 Å². The van der Waals surface area contributed by atoms with Crippen LogP contribution in [0.5, 0.6) is 0 Å². The molecule has 0 aromatic carbocycles. The van der Waals surface area contributed by atoms with E-state index in [1.54, 1.807) is 0 Å². The summed E-state index contributed by atoms with van der Waals surface area (Å²) >= 11 is 2.76. The van der Waals surface area contributed by atoms with Gasteiger partial charge in [-0.25, -0.2) is 4.98 Å². The van der Waals surface area contributed by atoms with Gasteiger partial charge in [0, 0.05) is 19.5 Å². The fourth-order valence-electron chi connectivity index (χ4n) is 2.14. The first-order chi connectivity index (χ1) is 10.2. The van der Waals surface area contributed by atoms with Gasteiger partial charge in [0.25, 0.3) is 0 Å². The zero-order valence-electron chi connectivity index (χ0n) is 11.8. The Labute approximate surface area is 131 Å². The second-order valence-corrected chi connectivity index (χ2v) is 6.72. The predicted octanol–water partition coefficient (Wildman–Crippen LogP) is 2.01. The maximum absolute atomic E-state index is 5.82. The van der Waals surface area contributed by atoms with Gasteiger partial charge in [0.1, 0.15) is 5.82 Å². The van der Waals surface area contributed by atoms with Gasteiger partial charge in [0.15, 0.2) is 4.34 Å². The van der Waals surface area contributed by atoms with Crippen molar-refractivity contribution in [1.29, 1.82) is 0 Å². The van der Waals surface area contributed by atoms with Crippen LogP contribution in [0, 0.1) is 0 Å². The molecule has 21 heavy (non-hydrogen) atoms. The Bertz CT molecular complexity index is 609. The summed E-state index contributed by atoms with van der Waals surface area (Å²) in [5.41, 5.74) is 5.82. The highest BCUT2D eigenvalue weighted by molar-refractivity contribution is 8.00. The van der Waals surface area contributed by atoms with Crippen molar-refractivity contribution in [2.75, 3.05) is 23.7 Å². The Kier molecular flexibility index (Phi) is 4.49. The number of nitrogens with zero attached hydrogens (tertiary/aromatic N) is 6. The molecule has 0 aliphatic carbocycles. The molecule has 9 heteroatoms. The lowest BCUT2D eigenvalue weighted by atomic mass is 10.1. The lowest BCUT2D eigenvalue weighted by Gasteiger charge is -2.26. The Hall–Kier alpha value is -1.48. The van der Waals surface area contributed by atoms with Crippen LogP contribution in [0.15, 0.2) is 9.50 Å². The minimum absolute atomic E-state index is 0.258. The van der Waals surface area contributed by atoms with Crippen LogP contribution in [-0.4, -0.2) is 37.4 Å². The van der Waals surface area contributed by atoms with E-state index in [1.807, 2.05) is 6.92 Å². The van der Waals surface area contributed by atoms with Crippen molar-refractivity contribution >= 4 is 35.2 Å². The Morgan fingerprint density at radius 1 is 1.14 bits per heavy atom. The Morgan fingerprint density at radius 2 is 1.95 bits per heavy atom. The van der Waals surface area contributed by atoms with Crippen LogP contribution < -0.4 is 10.6 Å². The van der Waals surface area contributed by atoms with Gasteiger partial charge in [-0.3, -0.25) is 0 Å². The second kappa shape index (κ2) is 6.52. The van der Waals surface area contributed by atoms with Crippen LogP contribution in [0.4, 0.5) is 11.9 Å². The van der Waals surface area contributed by atoms with Gasteiger partial charge < -0.3 is 10.6 Å². The minimum atomic E-state index is 0.258. The molecule has 2 N–H and O–H groups in total. The fraction of sp³-hybridized carbons (Fsp3) is 0.583. The number of hydrogen-bond donors (Lipinski definition) is 1. The molecule has 3 heterocycles. The van der Waals surface area contributed by atoms with Crippen LogP contribution in [0.1, 0.15) is 32.0 Å². The van der Waals surface area contributed by atoms with Crippen molar-refractivity contribution in [1.82, 2.24) is 24.3 Å². The first-order valence-electron chi connectivity index (χ1n) is 7.01. The van der Waals surface area contributed by atoms with Crippen LogP contribution in [0.3, 0.4) is 0 Å². The maximum Gasteiger partial charge on any atom is 0.231 e. The summed E-state index contributed by atoms with van der Waals surface area (Å²) in [4.78, 5) is 19.5. The largest absolute Gasteiger partial charge is 0.368 e. The lowest BCUT2D eigenvalue weighted by molar-refractivity contribution is 0.565. The molecule has 0 unspecified atom stereocenters. The maximum atomic E-state index is 5.82. The van der Waals surface area contributed by atoms with Crippen molar-refractivity contribution in [2.24, 2.45) is 0 Å². The van der Waals surface area contributed by atoms with Gasteiger partial charge in [-0.05, 0) is 42.6 Å². The van der Waals surface area contributed by atoms with E-state index in [2.05, 4.69) is 29.2 Å². The van der Waals surface area contributed by atoms with E-state index in [0.29, 0.717) is 11.1 Å². The van der Waals surface area contributed by atoms with Crippen molar-refractivity contribution in [3.05, 3.63) is 5.82 Å². The molecule has 1 aliphatic heterocycles. The molecule has 0 amide bonds. The zero-order chi connectivity index (χ0) is 14.7. The van der Waals surface area contributed by atoms with Gasteiger partial charge >= 0.3 is 0 Å². The standard InChI is InChI=1S/C12H17N7S2/c1-2-8-14-12(21-18-8)20-11-16-9(13)15-10(17-11)19-6-4-3-5-7-19/h2-7H2,1H3,(H2,13,15,16,17). The number of hydrogen-bond acceptors (Lipinski definition) is 9. The summed E-state index contributed by atoms with van der Waals surface area (Å²) in [5.74, 6) is 1.78. The lowest BCUT2D eigenvalue weighted by Crippen LogP contribution is -2.31. The van der Waals surface area contributed by atoms with Gasteiger partial charge in [0.05, 0.1) is 0 Å². The van der Waals surface area contributed by atoms with Crippen LogP contribution >= 0.6 is 23.3 Å². The SMILES string of the molecule is CCc1nsc(Sc2nc(N)nc(N3CCCCC3)n2)n1. The number of nitrogens with two attached hydrogens (primary N) is 1. The normalized spacial score (nSPS) is 15.4. The smallest absolute Gasteiger partial charge is 0.231 e. The van der Waals surface area contributed by atoms with Gasteiger partial charge in [-0.1, -0.05) is 6.92 Å². The highest BCUT2D eigenvalue weighted by Crippen LogP contribution is 2.28. The minimum Gasteiger partial charge on any atom is -0.368 e. The molecule has 1 aliphatic rings. The molecule has 3 rings (SSSR count). The molecule has 0 bridgehead atoms. The van der Waals surface area contributed by atoms with Crippen molar-refractivity contribution in [3.63, 3.8) is 0 Å². The molecule has 0 radical (unpaired) electrons. The van der Waals surface area contributed by atoms with E-state index in [1.165, 1.54) is 42.6 Å². The molecular formula is C12H17N7S2. The Morgan fingerprint density at radius 3 is 2.67 bits per heavy atom. The quantitative estimate of drug-likeness (QED) is 0.913. The number of piperidine rings is 1. The highest BCUT2D eigenvalue weighted by atomic mass is 32.2. The van der Waals surface area contributed by atoms with E-state index in [-0.39, 0.29) is 5.95 Å². The molecule has 112 valence electrons. The first kappa shape index (κ1) is 14.5. The zero-order valence-corrected chi connectivity index (χ0v) is 13.5. The molecule has 2 aromatic heterocycles. The summed E-state index contributed by atoms with van der Waals surface area (Å²) in [6, 6.07) is 0. The topological polar surface area (TPSA) is 93.7 Å². The molecule has 0 saturated carbocycles. The molecule has 7 nitrogen and oxygen atoms in total. The highest BCUT2D eigenvalue weighted by Gasteiger charge is 2.16. The summed E-state index contributed by atoms with van der Waals surface area (Å²) in [7, 11) is 0. The number of anilines is 2. The third-order valence-electron chi connectivity index (χ3n) is 3.20. The summed E-state index contributed by atoms with van der Waals surface area (Å²) in [6.07, 6.45) is 4.44. The van der Waals surface area contributed by atoms with Crippen LogP contribution in [0.25, 0.3) is 0 Å². The van der Waals surface area contributed by atoms with Crippen LogP contribution in [-0.2, 0) is 6.42 Å². The molecule has 0 spiro atoms. The van der Waals surface area contributed by atoms with Crippen molar-refractivity contribution < 1.29 is 0 Å². The van der Waals surface area contributed by atoms with E-state index < -0.39 is 0 Å². The molecular weight excluding hydrogens is 306 g/mol. The fourth-order valence-corrected chi connectivity index (χ4v) is 3.70. The summed E-state index contributed by atoms with van der Waals surface area (Å²) in [6.45, 7) is 3.99. The van der Waals surface area contributed by atoms with Crippen molar-refractivity contribution in [3.8, 4) is 0 Å². The number of nitrogen functional groups attached to an aromatic ring is 1. The third kappa shape index (κ3) is 3.59. The van der Waals surface area contributed by atoms with Crippen LogP contribution in [0.2, 0.25) is 0 Å². The second-order valence-electron chi connectivity index (χ2n) is 4.76. The van der Waals surface area contributed by atoms with E-state index in [0.717, 1.165) is 29.7 Å². The number of aromatic nitrogens is 5. The van der Waals surface area contributed by atoms with E-state index in [9.17, 15) is 0 Å². The summed E-state index contributed by atoms with van der Waals surface area (Å²) < 4.78 is 5.10. The summed E-state index contributed by atoms with van der Waals surface area (Å²) in [5, 5.41) is 0.585. The van der Waals surface area contributed by atoms with Gasteiger partial charge in [-0.15, -0.1) is 0 Å². The predicted molar refractivity (Wildman–Crippen MR) is 83.7 cm³/mol. The van der Waals surface area contributed by atoms with E-state index >= 15 is 0 Å². The molecule has 1 saturated heterocycles. The molecule has 2 aromatic rings.